The van der Waals surface area contributed by atoms with Gasteiger partial charge in [-0.05, 0) is 6.42 Å². The first-order valence-electron chi connectivity index (χ1n) is 5.02. The molecule has 3 unspecified atom stereocenters. The lowest BCUT2D eigenvalue weighted by Gasteiger charge is -2.34. The minimum absolute atomic E-state index is 0.0188. The first kappa shape index (κ1) is 10.1. The molecule has 4 nitrogen and oxygen atoms in total. The maximum absolute atomic E-state index is 11.5. The van der Waals surface area contributed by atoms with E-state index in [1.54, 1.807) is 0 Å². The van der Waals surface area contributed by atoms with Crippen molar-refractivity contribution < 1.29 is 14.3 Å². The highest BCUT2D eigenvalue weighted by Gasteiger charge is 2.34. The molecule has 1 saturated heterocycles. The van der Waals surface area contributed by atoms with E-state index in [9.17, 15) is 9.59 Å². The number of fused-ring (bicyclic) bond motifs is 1. The lowest BCUT2D eigenvalue weighted by Crippen LogP contribution is -2.51. The summed E-state index contributed by atoms with van der Waals surface area (Å²) in [6, 6.07) is 0.0820. The molecule has 0 saturated carbocycles. The van der Waals surface area contributed by atoms with Crippen molar-refractivity contribution in [2.45, 2.75) is 18.6 Å². The average molecular weight is 207 g/mol. The molecule has 0 radical (unpaired) electrons. The smallest absolute Gasteiger partial charge is 0.249 e. The van der Waals surface area contributed by atoms with Crippen molar-refractivity contribution in [1.82, 2.24) is 5.32 Å². The first-order chi connectivity index (χ1) is 7.31. The maximum atomic E-state index is 11.5. The molecule has 0 spiro atoms. The van der Waals surface area contributed by atoms with E-state index < -0.39 is 6.10 Å². The van der Waals surface area contributed by atoms with Crippen molar-refractivity contribution in [3.05, 3.63) is 24.3 Å². The van der Waals surface area contributed by atoms with Gasteiger partial charge in [0.25, 0.3) is 0 Å². The van der Waals surface area contributed by atoms with Crippen molar-refractivity contribution in [2.24, 2.45) is 5.92 Å². The standard InChI is InChI=1S/C11H13NO3/c13-5-6-15-10-7-8-3-1-2-4-9(8)12-11(10)14/h1-5,8-10H,6-7H2,(H,12,14). The van der Waals surface area contributed by atoms with E-state index in [0.717, 1.165) is 0 Å². The predicted octanol–water partition coefficient (Wildman–Crippen LogP) is 0.201. The zero-order chi connectivity index (χ0) is 10.7. The number of carbonyl (C=O) groups is 2. The largest absolute Gasteiger partial charge is 0.361 e. The average Bonchev–Trinajstić information content (AvgIpc) is 2.26. The summed E-state index contributed by atoms with van der Waals surface area (Å²) < 4.78 is 5.16. The van der Waals surface area contributed by atoms with Gasteiger partial charge in [-0.15, -0.1) is 0 Å². The Morgan fingerprint density at radius 2 is 2.27 bits per heavy atom. The van der Waals surface area contributed by atoms with Crippen molar-refractivity contribution in [1.29, 1.82) is 0 Å². The Hall–Kier alpha value is -1.42. The van der Waals surface area contributed by atoms with Gasteiger partial charge >= 0.3 is 0 Å². The number of rotatable bonds is 3. The Balaban J connectivity index is 1.99. The minimum Gasteiger partial charge on any atom is -0.361 e. The van der Waals surface area contributed by atoms with Crippen molar-refractivity contribution in [2.75, 3.05) is 6.61 Å². The number of hydrogen-bond acceptors (Lipinski definition) is 3. The van der Waals surface area contributed by atoms with E-state index in [1.807, 2.05) is 18.2 Å². The van der Waals surface area contributed by atoms with Crippen LogP contribution in [0.25, 0.3) is 0 Å². The van der Waals surface area contributed by atoms with Gasteiger partial charge in [0.1, 0.15) is 19.0 Å². The van der Waals surface area contributed by atoms with Crippen LogP contribution in [-0.4, -0.2) is 30.9 Å². The second kappa shape index (κ2) is 4.40. The van der Waals surface area contributed by atoms with Gasteiger partial charge in [0, 0.05) is 5.92 Å². The van der Waals surface area contributed by atoms with Crippen LogP contribution < -0.4 is 5.32 Å². The topological polar surface area (TPSA) is 55.4 Å². The van der Waals surface area contributed by atoms with Crippen LogP contribution in [0.5, 0.6) is 0 Å². The van der Waals surface area contributed by atoms with Gasteiger partial charge < -0.3 is 14.8 Å². The van der Waals surface area contributed by atoms with Crippen LogP contribution in [0.1, 0.15) is 6.42 Å². The molecule has 2 rings (SSSR count). The molecule has 15 heavy (non-hydrogen) atoms. The SMILES string of the molecule is O=CCOC1CC2C=CC=CC2NC1=O. The lowest BCUT2D eigenvalue weighted by molar-refractivity contribution is -0.138. The van der Waals surface area contributed by atoms with Crippen molar-refractivity contribution in [3.8, 4) is 0 Å². The van der Waals surface area contributed by atoms with Gasteiger partial charge in [0.05, 0.1) is 6.04 Å². The third-order valence-electron chi connectivity index (χ3n) is 2.70. The summed E-state index contributed by atoms with van der Waals surface area (Å²) in [5, 5.41) is 2.86. The number of ether oxygens (including phenoxy) is 1. The molecule has 1 aliphatic carbocycles. The molecule has 80 valence electrons. The molecule has 1 aliphatic heterocycles. The molecule has 0 aromatic carbocycles. The molecule has 4 heteroatoms. The fraction of sp³-hybridized carbons (Fsp3) is 0.455. The Bertz CT molecular complexity index is 322. The predicted molar refractivity (Wildman–Crippen MR) is 54.1 cm³/mol. The quantitative estimate of drug-likeness (QED) is 0.673. The fourth-order valence-corrected chi connectivity index (χ4v) is 1.94. The van der Waals surface area contributed by atoms with Crippen LogP contribution in [0.4, 0.5) is 0 Å². The molecule has 3 atom stereocenters. The van der Waals surface area contributed by atoms with Gasteiger partial charge in [0.15, 0.2) is 0 Å². The molecule has 0 bridgehead atoms. The monoisotopic (exact) mass is 207 g/mol. The van der Waals surface area contributed by atoms with Crippen LogP contribution >= 0.6 is 0 Å². The number of piperidine rings is 1. The van der Waals surface area contributed by atoms with Crippen LogP contribution in [0.2, 0.25) is 0 Å². The Morgan fingerprint density at radius 1 is 1.47 bits per heavy atom. The van der Waals surface area contributed by atoms with E-state index >= 15 is 0 Å². The lowest BCUT2D eigenvalue weighted by atomic mass is 9.86. The number of aldehydes is 1. The van der Waals surface area contributed by atoms with E-state index in [-0.39, 0.29) is 24.5 Å². The number of allylic oxidation sites excluding steroid dienone is 2. The zero-order valence-electron chi connectivity index (χ0n) is 8.26. The molecule has 1 N–H and O–H groups in total. The number of hydrogen-bond donors (Lipinski definition) is 1. The van der Waals surface area contributed by atoms with Crippen molar-refractivity contribution in [3.63, 3.8) is 0 Å². The second-order valence-electron chi connectivity index (χ2n) is 3.69. The second-order valence-corrected chi connectivity index (χ2v) is 3.69. The molecule has 1 amide bonds. The zero-order valence-corrected chi connectivity index (χ0v) is 8.26. The third kappa shape index (κ3) is 2.15. The van der Waals surface area contributed by atoms with Gasteiger partial charge in [-0.2, -0.15) is 0 Å². The molecule has 1 heterocycles. The summed E-state index contributed by atoms with van der Waals surface area (Å²) in [6.07, 6.45) is 8.73. The van der Waals surface area contributed by atoms with E-state index in [4.69, 9.17) is 4.74 Å². The van der Waals surface area contributed by atoms with Crippen molar-refractivity contribution >= 4 is 12.2 Å². The summed E-state index contributed by atoms with van der Waals surface area (Å²) in [5.74, 6) is 0.155. The van der Waals surface area contributed by atoms with E-state index in [1.165, 1.54) is 0 Å². The Morgan fingerprint density at radius 3 is 3.07 bits per heavy atom. The van der Waals surface area contributed by atoms with Gasteiger partial charge in [-0.25, -0.2) is 0 Å². The summed E-state index contributed by atoms with van der Waals surface area (Å²) in [4.78, 5) is 21.7. The maximum Gasteiger partial charge on any atom is 0.249 e. The summed E-state index contributed by atoms with van der Waals surface area (Å²) in [5.41, 5.74) is 0. The summed E-state index contributed by atoms with van der Waals surface area (Å²) in [6.45, 7) is -0.0188. The third-order valence-corrected chi connectivity index (χ3v) is 2.70. The minimum atomic E-state index is -0.493. The molecule has 0 aromatic rings. The van der Waals surface area contributed by atoms with Crippen LogP contribution in [0.3, 0.4) is 0 Å². The normalized spacial score (nSPS) is 33.3. The summed E-state index contributed by atoms with van der Waals surface area (Å²) >= 11 is 0. The molecule has 1 fully saturated rings. The number of carbonyl (C=O) groups excluding carboxylic acids is 2. The van der Waals surface area contributed by atoms with Crippen LogP contribution in [0.15, 0.2) is 24.3 Å². The number of amides is 1. The molecule has 2 aliphatic rings. The fourth-order valence-electron chi connectivity index (χ4n) is 1.94. The molecular weight excluding hydrogens is 194 g/mol. The highest BCUT2D eigenvalue weighted by molar-refractivity contribution is 5.82. The van der Waals surface area contributed by atoms with E-state index in [0.29, 0.717) is 12.7 Å². The van der Waals surface area contributed by atoms with Gasteiger partial charge in [-0.1, -0.05) is 24.3 Å². The number of nitrogens with one attached hydrogen (secondary N) is 1. The Labute approximate surface area is 88.0 Å². The van der Waals surface area contributed by atoms with Gasteiger partial charge in [0.2, 0.25) is 5.91 Å². The van der Waals surface area contributed by atoms with Crippen LogP contribution in [0, 0.1) is 5.92 Å². The van der Waals surface area contributed by atoms with E-state index in [2.05, 4.69) is 11.4 Å². The Kier molecular flexibility index (Phi) is 2.97. The van der Waals surface area contributed by atoms with Gasteiger partial charge in [-0.3, -0.25) is 4.79 Å². The molecular formula is C11H13NO3. The highest BCUT2D eigenvalue weighted by atomic mass is 16.5. The summed E-state index contributed by atoms with van der Waals surface area (Å²) in [7, 11) is 0. The first-order valence-corrected chi connectivity index (χ1v) is 5.02. The van der Waals surface area contributed by atoms with Crippen LogP contribution in [-0.2, 0) is 14.3 Å². The molecule has 0 aromatic heterocycles. The highest BCUT2D eigenvalue weighted by Crippen LogP contribution is 2.24.